The number of allylic oxidation sites excluding steroid dienone is 1. The van der Waals surface area contributed by atoms with Crippen molar-refractivity contribution in [2.24, 2.45) is 13.0 Å². The van der Waals surface area contributed by atoms with Crippen LogP contribution in [0.25, 0.3) is 17.1 Å². The first-order chi connectivity index (χ1) is 23.4. The van der Waals surface area contributed by atoms with Gasteiger partial charge in [-0.05, 0) is 55.3 Å². The number of nitrogens with one attached hydrogen (secondary N) is 2. The molecule has 0 saturated carbocycles. The van der Waals surface area contributed by atoms with Gasteiger partial charge in [-0.15, -0.1) is 0 Å². The molecule has 13 heteroatoms. The Morgan fingerprint density at radius 1 is 1.04 bits per heavy atom. The van der Waals surface area contributed by atoms with Crippen molar-refractivity contribution in [3.05, 3.63) is 78.1 Å². The number of urea groups is 1. The van der Waals surface area contributed by atoms with Gasteiger partial charge in [-0.3, -0.25) is 14.6 Å². The topological polar surface area (TPSA) is 140 Å². The molecule has 1 fully saturated rings. The number of nitrogens with zero attached hydrogens (tertiary/aromatic N) is 5. The van der Waals surface area contributed by atoms with Gasteiger partial charge in [0, 0.05) is 94.3 Å². The van der Waals surface area contributed by atoms with Gasteiger partial charge in [0.2, 0.25) is 11.7 Å². The van der Waals surface area contributed by atoms with E-state index in [0.29, 0.717) is 62.1 Å². The molecule has 2 aliphatic rings. The van der Waals surface area contributed by atoms with Gasteiger partial charge < -0.3 is 39.2 Å². The summed E-state index contributed by atoms with van der Waals surface area (Å²) in [6.45, 7) is 3.44. The minimum absolute atomic E-state index is 0.0755. The van der Waals surface area contributed by atoms with Crippen molar-refractivity contribution in [1.29, 1.82) is 0 Å². The second-order valence-corrected chi connectivity index (χ2v) is 11.8. The highest BCUT2D eigenvalue weighted by Gasteiger charge is 2.31. The molecule has 1 aromatic carbocycles. The Morgan fingerprint density at radius 2 is 1.79 bits per heavy atom. The van der Waals surface area contributed by atoms with Crippen LogP contribution in [-0.2, 0) is 21.3 Å². The summed E-state index contributed by atoms with van der Waals surface area (Å²) in [5, 5.41) is 6.37. The molecule has 0 radical (unpaired) electrons. The molecule has 2 N–H and O–H groups in total. The fraction of sp³-hybridized carbons (Fsp3) is 0.343. The second-order valence-electron chi connectivity index (χ2n) is 11.8. The van der Waals surface area contributed by atoms with Crippen molar-refractivity contribution >= 4 is 51.9 Å². The van der Waals surface area contributed by atoms with E-state index in [-0.39, 0.29) is 23.4 Å². The number of anilines is 3. The van der Waals surface area contributed by atoms with Crippen molar-refractivity contribution in [2.45, 2.75) is 12.8 Å². The van der Waals surface area contributed by atoms with Gasteiger partial charge in [-0.2, -0.15) is 0 Å². The van der Waals surface area contributed by atoms with Crippen LogP contribution in [0.4, 0.5) is 21.9 Å². The van der Waals surface area contributed by atoms with E-state index < -0.39 is 6.03 Å². The number of rotatable bonds is 11. The van der Waals surface area contributed by atoms with Crippen LogP contribution in [0.15, 0.2) is 66.9 Å². The number of pyridine rings is 2. The molecule has 3 aromatic heterocycles. The summed E-state index contributed by atoms with van der Waals surface area (Å²) in [7, 11) is 5.19. The van der Waals surface area contributed by atoms with E-state index in [4.69, 9.17) is 14.2 Å². The molecule has 5 heterocycles. The number of ketones is 1. The van der Waals surface area contributed by atoms with Crippen LogP contribution in [0.3, 0.4) is 0 Å². The van der Waals surface area contributed by atoms with Crippen LogP contribution < -0.4 is 20.3 Å². The average Bonchev–Trinajstić information content (AvgIpc) is 3.59. The third-order valence-corrected chi connectivity index (χ3v) is 8.62. The van der Waals surface area contributed by atoms with Crippen molar-refractivity contribution in [3.8, 4) is 5.75 Å². The number of carbonyl (C=O) groups excluding carboxylic acids is 3. The monoisotopic (exact) mass is 653 g/mol. The molecule has 0 unspecified atom stereocenters. The Kier molecular flexibility index (Phi) is 9.97. The number of Topliss-reactive ketones (excluding diaryl/α,β-unsaturated/α-hetero) is 1. The normalized spacial score (nSPS) is 15.4. The first-order valence-corrected chi connectivity index (χ1v) is 15.9. The average molecular weight is 654 g/mol. The third-order valence-electron chi connectivity index (χ3n) is 8.62. The number of fused-ring (bicyclic) bond motifs is 2. The number of benzene rings is 1. The Morgan fingerprint density at radius 3 is 2.50 bits per heavy atom. The van der Waals surface area contributed by atoms with Gasteiger partial charge in [0.1, 0.15) is 11.4 Å². The van der Waals surface area contributed by atoms with Gasteiger partial charge in [0.25, 0.3) is 0 Å². The van der Waals surface area contributed by atoms with Gasteiger partial charge in [-0.1, -0.05) is 0 Å². The van der Waals surface area contributed by atoms with Gasteiger partial charge in [0.05, 0.1) is 30.7 Å². The Hall–Kier alpha value is -5.27. The second kappa shape index (κ2) is 14.7. The first kappa shape index (κ1) is 32.7. The van der Waals surface area contributed by atoms with Gasteiger partial charge in [0.15, 0.2) is 5.76 Å². The smallest absolute Gasteiger partial charge is 0.323 e. The zero-order valence-corrected chi connectivity index (χ0v) is 27.3. The molecule has 3 amide bonds. The Labute approximate surface area is 278 Å². The largest absolute Gasteiger partial charge is 0.452 e. The van der Waals surface area contributed by atoms with Gasteiger partial charge >= 0.3 is 6.03 Å². The Balaban J connectivity index is 1.18. The fourth-order valence-electron chi connectivity index (χ4n) is 6.19. The van der Waals surface area contributed by atoms with Crippen molar-refractivity contribution < 1.29 is 28.6 Å². The summed E-state index contributed by atoms with van der Waals surface area (Å²) < 4.78 is 18.4. The minimum Gasteiger partial charge on any atom is -0.452 e. The Bertz CT molecular complexity index is 1820. The molecule has 250 valence electrons. The van der Waals surface area contributed by atoms with Crippen molar-refractivity contribution in [2.75, 3.05) is 69.1 Å². The fourth-order valence-corrected chi connectivity index (χ4v) is 6.19. The highest BCUT2D eigenvalue weighted by molar-refractivity contribution is 6.16. The quantitative estimate of drug-likeness (QED) is 0.223. The summed E-state index contributed by atoms with van der Waals surface area (Å²) in [6.07, 6.45) is 10.1. The van der Waals surface area contributed by atoms with Crippen molar-refractivity contribution in [3.63, 3.8) is 0 Å². The molecule has 0 spiro atoms. The number of hydrogen-bond donors (Lipinski definition) is 2. The number of carbonyl (C=O) groups is 3. The van der Waals surface area contributed by atoms with E-state index in [9.17, 15) is 14.4 Å². The third kappa shape index (κ3) is 7.02. The summed E-state index contributed by atoms with van der Waals surface area (Å²) in [6, 6.07) is 9.93. The maximum atomic E-state index is 13.5. The van der Waals surface area contributed by atoms with Crippen LogP contribution in [0.5, 0.6) is 5.75 Å². The van der Waals surface area contributed by atoms with E-state index >= 15 is 0 Å². The molecule has 0 aliphatic carbocycles. The number of hydrogen-bond acceptors (Lipinski definition) is 9. The molecule has 4 aromatic rings. The van der Waals surface area contributed by atoms with Crippen LogP contribution in [0, 0.1) is 5.92 Å². The number of methoxy groups -OCH3 is 2. The van der Waals surface area contributed by atoms with Crippen LogP contribution in [0.2, 0.25) is 0 Å². The highest BCUT2D eigenvalue weighted by atomic mass is 16.5. The van der Waals surface area contributed by atoms with Crippen LogP contribution >= 0.6 is 0 Å². The summed E-state index contributed by atoms with van der Waals surface area (Å²) >= 11 is 0. The maximum Gasteiger partial charge on any atom is 0.323 e. The van der Waals surface area contributed by atoms with E-state index in [1.54, 1.807) is 63.0 Å². The predicted octanol–water partition coefficient (Wildman–Crippen LogP) is 4.57. The predicted molar refractivity (Wildman–Crippen MR) is 182 cm³/mol. The number of amides is 3. The minimum atomic E-state index is -0.455. The summed E-state index contributed by atoms with van der Waals surface area (Å²) in [4.78, 5) is 52.2. The number of aryl methyl sites for hydroxylation is 1. The van der Waals surface area contributed by atoms with Crippen LogP contribution in [-0.4, -0.2) is 90.8 Å². The van der Waals surface area contributed by atoms with Gasteiger partial charge in [-0.25, -0.2) is 9.78 Å². The summed E-state index contributed by atoms with van der Waals surface area (Å²) in [5.41, 5.74) is 3.91. The van der Waals surface area contributed by atoms with E-state index in [0.717, 1.165) is 35.1 Å². The summed E-state index contributed by atoms with van der Waals surface area (Å²) in [5.74, 6) is 0.376. The molecular formula is C35H39N7O6. The van der Waals surface area contributed by atoms with Crippen molar-refractivity contribution in [1.82, 2.24) is 19.4 Å². The lowest BCUT2D eigenvalue weighted by Gasteiger charge is -2.35. The van der Waals surface area contributed by atoms with E-state index in [1.807, 2.05) is 28.8 Å². The molecule has 13 nitrogen and oxygen atoms in total. The van der Waals surface area contributed by atoms with Crippen LogP contribution in [0.1, 0.15) is 28.8 Å². The lowest BCUT2D eigenvalue weighted by molar-refractivity contribution is -0.137. The number of aromatic nitrogens is 3. The lowest BCUT2D eigenvalue weighted by atomic mass is 9.94. The molecule has 6 rings (SSSR count). The first-order valence-electron chi connectivity index (χ1n) is 15.9. The van der Waals surface area contributed by atoms with E-state index in [1.165, 1.54) is 6.20 Å². The number of ether oxygens (including phenoxy) is 3. The standard InChI is InChI=1S/C35H39N7O6/c1-40-22-24(19-30-32(43)27-20-25(6-7-29(27)48-30)38-35(45)39-26-5-4-11-36-21-26)31-28(8-12-37-33(31)40)41-13-9-23(10-14-41)34(44)42(15-17-46-2)16-18-47-3/h4-8,11-12,19-23H,9-10,13-18H2,1-3H3,(H2,38,39,45). The SMILES string of the molecule is COCCN(CCOC)C(=O)C1CCN(c2ccnc3c2c(C=C2Oc4ccc(NC(=O)Nc5cccnc5)cc4C2=O)cn3C)CC1. The molecule has 0 atom stereocenters. The molecule has 1 saturated heterocycles. The zero-order chi connectivity index (χ0) is 33.6. The molecule has 48 heavy (non-hydrogen) atoms. The zero-order valence-electron chi connectivity index (χ0n) is 27.3. The molecular weight excluding hydrogens is 614 g/mol. The highest BCUT2D eigenvalue weighted by Crippen LogP contribution is 2.37. The molecule has 0 bridgehead atoms. The molecule has 2 aliphatic heterocycles. The number of piperidine rings is 1. The lowest BCUT2D eigenvalue weighted by Crippen LogP contribution is -2.44. The van der Waals surface area contributed by atoms with E-state index in [2.05, 4.69) is 25.5 Å². The maximum absolute atomic E-state index is 13.5.